The highest BCUT2D eigenvalue weighted by atomic mass is 35.5. The van der Waals surface area contributed by atoms with Crippen molar-refractivity contribution >= 4 is 41.3 Å². The van der Waals surface area contributed by atoms with Crippen molar-refractivity contribution in [1.82, 2.24) is 4.90 Å². The lowest BCUT2D eigenvalue weighted by molar-refractivity contribution is -0.147. The van der Waals surface area contributed by atoms with Gasteiger partial charge in [0.1, 0.15) is 6.04 Å². The fourth-order valence-electron chi connectivity index (χ4n) is 2.77. The van der Waals surface area contributed by atoms with E-state index in [9.17, 15) is 4.79 Å². The first-order valence-electron chi connectivity index (χ1n) is 6.82. The van der Waals surface area contributed by atoms with Crippen LogP contribution in [0.15, 0.2) is 35.7 Å². The molecule has 4 nitrogen and oxygen atoms in total. The first kappa shape index (κ1) is 19.9. The molecule has 1 unspecified atom stereocenters. The summed E-state index contributed by atoms with van der Waals surface area (Å²) in [6, 6.07) is 9.16. The second kappa shape index (κ2) is 8.66. The Morgan fingerprint density at radius 3 is 2.78 bits per heavy atom. The van der Waals surface area contributed by atoms with Crippen LogP contribution in [0.25, 0.3) is 0 Å². The van der Waals surface area contributed by atoms with E-state index in [0.29, 0.717) is 5.02 Å². The van der Waals surface area contributed by atoms with Crippen LogP contribution in [0, 0.1) is 0 Å². The van der Waals surface area contributed by atoms with Crippen LogP contribution in [0.4, 0.5) is 0 Å². The average molecular weight is 376 g/mol. The van der Waals surface area contributed by atoms with E-state index < -0.39 is 6.04 Å². The van der Waals surface area contributed by atoms with Crippen molar-refractivity contribution in [3.05, 3.63) is 56.7 Å². The van der Waals surface area contributed by atoms with Gasteiger partial charge in [0.15, 0.2) is 0 Å². The number of esters is 1. The summed E-state index contributed by atoms with van der Waals surface area (Å²) in [4.78, 5) is 15.8. The standard InChI is InChI=1S/C16H16ClNO2S.ClH.H2O/c1-20-16(19)15(12-4-2-3-5-13(12)17)18-8-6-14-11(10-18)7-9-21-14;;/h2-5,7,9,15H,6,8,10H2,1H3;1H;1H2. The third-order valence-corrected chi connectivity index (χ3v) is 5.19. The lowest BCUT2D eigenvalue weighted by Crippen LogP contribution is -2.38. The van der Waals surface area contributed by atoms with Gasteiger partial charge >= 0.3 is 5.97 Å². The topological polar surface area (TPSA) is 61.0 Å². The van der Waals surface area contributed by atoms with E-state index in [1.54, 1.807) is 11.3 Å². The van der Waals surface area contributed by atoms with Crippen molar-refractivity contribution in [3.63, 3.8) is 0 Å². The SMILES string of the molecule is COC(=O)C(c1ccccc1Cl)N1CCc2sccc2C1.Cl.O. The van der Waals surface area contributed by atoms with Crippen molar-refractivity contribution in [2.24, 2.45) is 0 Å². The summed E-state index contributed by atoms with van der Waals surface area (Å²) in [6.07, 6.45) is 0.963. The Morgan fingerprint density at radius 2 is 2.09 bits per heavy atom. The number of hydrogen-bond donors (Lipinski definition) is 0. The average Bonchev–Trinajstić information content (AvgIpc) is 2.97. The van der Waals surface area contributed by atoms with Gasteiger partial charge in [-0.05, 0) is 35.1 Å². The van der Waals surface area contributed by atoms with Crippen LogP contribution in [0.1, 0.15) is 22.0 Å². The number of ether oxygens (including phenoxy) is 1. The zero-order chi connectivity index (χ0) is 14.8. The largest absolute Gasteiger partial charge is 0.468 e. The molecule has 2 heterocycles. The Balaban J connectivity index is 0.00000132. The molecule has 23 heavy (non-hydrogen) atoms. The molecule has 7 heteroatoms. The van der Waals surface area contributed by atoms with E-state index in [2.05, 4.69) is 16.3 Å². The van der Waals surface area contributed by atoms with Crippen LogP contribution < -0.4 is 0 Å². The van der Waals surface area contributed by atoms with Gasteiger partial charge in [-0.1, -0.05) is 29.8 Å². The number of carbonyl (C=O) groups is 1. The van der Waals surface area contributed by atoms with Crippen molar-refractivity contribution in [3.8, 4) is 0 Å². The number of nitrogens with zero attached hydrogens (tertiary/aromatic N) is 1. The predicted molar refractivity (Wildman–Crippen MR) is 95.5 cm³/mol. The molecule has 1 aromatic carbocycles. The number of rotatable bonds is 3. The van der Waals surface area contributed by atoms with E-state index in [1.807, 2.05) is 24.3 Å². The van der Waals surface area contributed by atoms with E-state index in [0.717, 1.165) is 25.1 Å². The maximum absolute atomic E-state index is 12.3. The summed E-state index contributed by atoms with van der Waals surface area (Å²) in [7, 11) is 1.42. The minimum Gasteiger partial charge on any atom is -0.468 e. The molecule has 126 valence electrons. The second-order valence-electron chi connectivity index (χ2n) is 5.04. The fraction of sp³-hybridized carbons (Fsp3) is 0.312. The molecule has 1 aliphatic rings. The fourth-order valence-corrected chi connectivity index (χ4v) is 3.90. The number of fused-ring (bicyclic) bond motifs is 1. The van der Waals surface area contributed by atoms with Gasteiger partial charge in [-0.3, -0.25) is 4.90 Å². The van der Waals surface area contributed by atoms with Crippen LogP contribution >= 0.6 is 35.3 Å². The summed E-state index contributed by atoms with van der Waals surface area (Å²) in [5.41, 5.74) is 2.11. The Bertz CT molecular complexity index is 662. The monoisotopic (exact) mass is 375 g/mol. The minimum absolute atomic E-state index is 0. The van der Waals surface area contributed by atoms with Gasteiger partial charge in [0.2, 0.25) is 0 Å². The zero-order valence-electron chi connectivity index (χ0n) is 12.6. The highest BCUT2D eigenvalue weighted by molar-refractivity contribution is 7.10. The molecule has 0 bridgehead atoms. The third kappa shape index (κ3) is 4.05. The highest BCUT2D eigenvalue weighted by Crippen LogP contribution is 2.33. The Hall–Kier alpha value is -1.11. The number of carbonyl (C=O) groups excluding carboxylic acids is 1. The maximum atomic E-state index is 12.3. The second-order valence-corrected chi connectivity index (χ2v) is 6.44. The van der Waals surface area contributed by atoms with Gasteiger partial charge in [0.25, 0.3) is 0 Å². The van der Waals surface area contributed by atoms with Gasteiger partial charge in [-0.25, -0.2) is 4.79 Å². The van der Waals surface area contributed by atoms with Crippen LogP contribution in [-0.4, -0.2) is 30.0 Å². The molecule has 0 radical (unpaired) electrons. The molecule has 3 rings (SSSR count). The summed E-state index contributed by atoms with van der Waals surface area (Å²) < 4.78 is 5.01. The number of benzene rings is 1. The Morgan fingerprint density at radius 1 is 1.35 bits per heavy atom. The molecule has 0 saturated heterocycles. The molecule has 0 spiro atoms. The minimum atomic E-state index is -0.447. The molecule has 2 aromatic rings. The summed E-state index contributed by atoms with van der Waals surface area (Å²) in [5.74, 6) is -0.262. The first-order chi connectivity index (χ1) is 10.2. The van der Waals surface area contributed by atoms with Gasteiger partial charge in [-0.15, -0.1) is 23.7 Å². The van der Waals surface area contributed by atoms with Crippen molar-refractivity contribution < 1.29 is 15.0 Å². The van der Waals surface area contributed by atoms with E-state index in [-0.39, 0.29) is 23.9 Å². The molecule has 2 N–H and O–H groups in total. The molecular weight excluding hydrogens is 357 g/mol. The number of methoxy groups -OCH3 is 1. The molecule has 1 aromatic heterocycles. The summed E-state index contributed by atoms with van der Waals surface area (Å²) in [6.45, 7) is 1.59. The molecular formula is C16H19Cl2NO3S. The zero-order valence-corrected chi connectivity index (χ0v) is 15.0. The van der Waals surface area contributed by atoms with Crippen molar-refractivity contribution in [2.75, 3.05) is 13.7 Å². The smallest absolute Gasteiger partial charge is 0.327 e. The maximum Gasteiger partial charge on any atom is 0.327 e. The van der Waals surface area contributed by atoms with Gasteiger partial charge < -0.3 is 10.2 Å². The van der Waals surface area contributed by atoms with Crippen LogP contribution in [0.2, 0.25) is 5.02 Å². The molecule has 1 aliphatic heterocycles. The number of halogens is 2. The lowest BCUT2D eigenvalue weighted by atomic mass is 10.0. The van der Waals surface area contributed by atoms with Crippen LogP contribution in [0.3, 0.4) is 0 Å². The molecule has 0 aliphatic carbocycles. The molecule has 0 fully saturated rings. The quantitative estimate of drug-likeness (QED) is 0.773. The van der Waals surface area contributed by atoms with Crippen LogP contribution in [0.5, 0.6) is 0 Å². The molecule has 0 saturated carbocycles. The van der Waals surface area contributed by atoms with Gasteiger partial charge in [-0.2, -0.15) is 0 Å². The predicted octanol–water partition coefficient (Wildman–Crippen LogP) is 3.27. The Kier molecular flexibility index (Phi) is 7.51. The summed E-state index contributed by atoms with van der Waals surface area (Å²) >= 11 is 8.07. The number of thiophene rings is 1. The molecule has 0 amide bonds. The van der Waals surface area contributed by atoms with E-state index in [4.69, 9.17) is 16.3 Å². The first-order valence-corrected chi connectivity index (χ1v) is 8.08. The van der Waals surface area contributed by atoms with E-state index >= 15 is 0 Å². The molecule has 1 atom stereocenters. The third-order valence-electron chi connectivity index (χ3n) is 3.83. The lowest BCUT2D eigenvalue weighted by Gasteiger charge is -2.33. The van der Waals surface area contributed by atoms with Crippen molar-refractivity contribution in [1.29, 1.82) is 0 Å². The van der Waals surface area contributed by atoms with Gasteiger partial charge in [0.05, 0.1) is 7.11 Å². The van der Waals surface area contributed by atoms with E-state index in [1.165, 1.54) is 17.6 Å². The normalized spacial score (nSPS) is 14.9. The highest BCUT2D eigenvalue weighted by Gasteiger charge is 2.32. The Labute approximate surface area is 150 Å². The van der Waals surface area contributed by atoms with Gasteiger partial charge in [0, 0.05) is 23.0 Å². The van der Waals surface area contributed by atoms with Crippen LogP contribution in [-0.2, 0) is 22.5 Å². The van der Waals surface area contributed by atoms with Crippen molar-refractivity contribution in [2.45, 2.75) is 19.0 Å². The summed E-state index contributed by atoms with van der Waals surface area (Å²) in [5, 5.41) is 2.71. The number of hydrogen-bond acceptors (Lipinski definition) is 4.